The lowest BCUT2D eigenvalue weighted by atomic mass is 9.79. The van der Waals surface area contributed by atoms with Crippen LogP contribution in [-0.4, -0.2) is 34.9 Å². The topological polar surface area (TPSA) is 70.0 Å². The first kappa shape index (κ1) is 20.8. The normalized spacial score (nSPS) is 17.9. The van der Waals surface area contributed by atoms with Gasteiger partial charge in [-0.05, 0) is 28.3 Å². The van der Waals surface area contributed by atoms with Crippen molar-refractivity contribution in [3.63, 3.8) is 0 Å². The molecule has 0 bridgehead atoms. The van der Waals surface area contributed by atoms with Crippen LogP contribution in [-0.2, 0) is 21.7 Å². The Morgan fingerprint density at radius 3 is 2.40 bits per heavy atom. The van der Waals surface area contributed by atoms with Crippen LogP contribution in [0.4, 0.5) is 0 Å². The molecular formula is C24H22BrNO4. The van der Waals surface area contributed by atoms with Crippen molar-refractivity contribution in [3.05, 3.63) is 94.0 Å². The number of hydrogen-bond donors (Lipinski definition) is 2. The van der Waals surface area contributed by atoms with Gasteiger partial charge in [-0.25, -0.2) is 4.79 Å². The van der Waals surface area contributed by atoms with E-state index in [2.05, 4.69) is 15.9 Å². The number of methoxy groups -OCH3 is 1. The first-order valence-electron chi connectivity index (χ1n) is 9.60. The first-order valence-corrected chi connectivity index (χ1v) is 10.4. The lowest BCUT2D eigenvalue weighted by Gasteiger charge is -2.40. The number of aliphatic hydroxyl groups excluding tert-OH is 1. The third kappa shape index (κ3) is 3.26. The molecule has 3 aromatic carbocycles. The fraction of sp³-hybridized carbons (Fsp3) is 0.208. The van der Waals surface area contributed by atoms with E-state index in [1.807, 2.05) is 54.6 Å². The van der Waals surface area contributed by atoms with Crippen LogP contribution in [0.3, 0.4) is 0 Å². The maximum atomic E-state index is 13.1. The lowest BCUT2D eigenvalue weighted by Crippen LogP contribution is -2.50. The van der Waals surface area contributed by atoms with Crippen molar-refractivity contribution >= 4 is 21.9 Å². The molecule has 6 heteroatoms. The number of ether oxygens (including phenoxy) is 1. The minimum absolute atomic E-state index is 0.350. The summed E-state index contributed by atoms with van der Waals surface area (Å²) in [5, 5.41) is 22.4. The van der Waals surface area contributed by atoms with Gasteiger partial charge >= 0.3 is 5.97 Å². The Morgan fingerprint density at radius 1 is 1.07 bits per heavy atom. The second kappa shape index (κ2) is 8.32. The molecule has 1 unspecified atom stereocenters. The zero-order valence-corrected chi connectivity index (χ0v) is 18.0. The van der Waals surface area contributed by atoms with E-state index in [1.54, 1.807) is 23.1 Å². The maximum Gasteiger partial charge on any atom is 0.344 e. The van der Waals surface area contributed by atoms with Crippen LogP contribution in [0.2, 0.25) is 0 Å². The molecule has 0 saturated carbocycles. The highest BCUT2D eigenvalue weighted by Crippen LogP contribution is 2.48. The smallest absolute Gasteiger partial charge is 0.344 e. The monoisotopic (exact) mass is 467 g/mol. The minimum Gasteiger partial charge on any atom is -0.467 e. The standard InChI is InChI=1S/C24H22BrNO4/c1-30-23(28)24(29,20-12-6-7-13-21(20)25)22-19-11-5-4-10-18(19)17-9-3-2-8-16(17)14-26(22)15-27/h2-13,22,27,29H,14-15H2,1H3/t22?,24-/m1/s1. The number of esters is 1. The van der Waals surface area contributed by atoms with E-state index in [9.17, 15) is 15.0 Å². The summed E-state index contributed by atoms with van der Waals surface area (Å²) in [6.45, 7) is 0.00681. The van der Waals surface area contributed by atoms with Gasteiger partial charge in [0.15, 0.2) is 0 Å². The van der Waals surface area contributed by atoms with E-state index in [1.165, 1.54) is 7.11 Å². The summed E-state index contributed by atoms with van der Waals surface area (Å²) in [4.78, 5) is 14.8. The molecule has 0 spiro atoms. The van der Waals surface area contributed by atoms with Crippen LogP contribution >= 0.6 is 15.9 Å². The van der Waals surface area contributed by atoms with Crippen molar-refractivity contribution in [2.45, 2.75) is 18.2 Å². The van der Waals surface area contributed by atoms with E-state index in [-0.39, 0.29) is 6.73 Å². The van der Waals surface area contributed by atoms with Crippen LogP contribution < -0.4 is 0 Å². The van der Waals surface area contributed by atoms with Gasteiger partial charge in [-0.1, -0.05) is 82.7 Å². The molecule has 0 saturated heterocycles. The molecule has 5 nitrogen and oxygen atoms in total. The summed E-state index contributed by atoms with van der Waals surface area (Å²) in [6, 6.07) is 21.7. The van der Waals surface area contributed by atoms with Crippen molar-refractivity contribution in [3.8, 4) is 11.1 Å². The van der Waals surface area contributed by atoms with E-state index >= 15 is 0 Å². The molecule has 0 fully saturated rings. The largest absolute Gasteiger partial charge is 0.467 e. The molecule has 1 aliphatic heterocycles. The molecule has 4 rings (SSSR count). The quantitative estimate of drug-likeness (QED) is 0.567. The van der Waals surface area contributed by atoms with Gasteiger partial charge in [0.25, 0.3) is 0 Å². The van der Waals surface area contributed by atoms with Gasteiger partial charge in [-0.15, -0.1) is 0 Å². The summed E-state index contributed by atoms with van der Waals surface area (Å²) < 4.78 is 5.66. The summed E-state index contributed by atoms with van der Waals surface area (Å²) in [5.74, 6) is -0.793. The number of halogens is 1. The van der Waals surface area contributed by atoms with Crippen LogP contribution in [0.25, 0.3) is 11.1 Å². The van der Waals surface area contributed by atoms with Gasteiger partial charge in [-0.3, -0.25) is 4.90 Å². The highest BCUT2D eigenvalue weighted by molar-refractivity contribution is 9.10. The Labute approximate surface area is 183 Å². The van der Waals surface area contributed by atoms with Crippen molar-refractivity contribution in [2.75, 3.05) is 13.8 Å². The van der Waals surface area contributed by atoms with E-state index in [0.29, 0.717) is 16.6 Å². The zero-order valence-electron chi connectivity index (χ0n) is 16.5. The van der Waals surface area contributed by atoms with Gasteiger partial charge in [0.2, 0.25) is 5.60 Å². The van der Waals surface area contributed by atoms with E-state index in [0.717, 1.165) is 22.3 Å². The van der Waals surface area contributed by atoms with Crippen LogP contribution in [0.5, 0.6) is 0 Å². The van der Waals surface area contributed by atoms with E-state index < -0.39 is 17.6 Å². The van der Waals surface area contributed by atoms with E-state index in [4.69, 9.17) is 4.74 Å². The number of carbonyl (C=O) groups is 1. The maximum absolute atomic E-state index is 13.1. The van der Waals surface area contributed by atoms with Crippen LogP contribution in [0.1, 0.15) is 22.7 Å². The number of rotatable bonds is 4. The number of benzene rings is 3. The molecular weight excluding hydrogens is 446 g/mol. The summed E-state index contributed by atoms with van der Waals surface area (Å²) in [5.41, 5.74) is 1.97. The second-order valence-corrected chi connectivity index (χ2v) is 8.13. The van der Waals surface area contributed by atoms with Gasteiger partial charge in [-0.2, -0.15) is 0 Å². The zero-order chi connectivity index (χ0) is 21.3. The summed E-state index contributed by atoms with van der Waals surface area (Å²) in [7, 11) is 1.25. The highest BCUT2D eigenvalue weighted by atomic mass is 79.9. The Hall–Kier alpha value is -2.51. The van der Waals surface area contributed by atoms with Crippen molar-refractivity contribution in [2.24, 2.45) is 0 Å². The average Bonchev–Trinajstić information content (AvgIpc) is 2.93. The molecule has 0 amide bonds. The number of nitrogens with zero attached hydrogens (tertiary/aromatic N) is 1. The molecule has 154 valence electrons. The SMILES string of the molecule is COC(=O)[C@@](O)(c1ccccc1Br)C1c2ccccc2-c2ccccc2CN1CO. The third-order valence-corrected chi connectivity index (χ3v) is 6.35. The van der Waals surface area contributed by atoms with Crippen molar-refractivity contribution < 1.29 is 19.7 Å². The Bertz CT molecular complexity index is 1090. The van der Waals surface area contributed by atoms with Gasteiger partial charge < -0.3 is 14.9 Å². The number of hydrogen-bond acceptors (Lipinski definition) is 5. The summed E-state index contributed by atoms with van der Waals surface area (Å²) in [6.07, 6.45) is 0. The molecule has 0 aromatic heterocycles. The van der Waals surface area contributed by atoms with Gasteiger partial charge in [0.05, 0.1) is 19.9 Å². The van der Waals surface area contributed by atoms with Crippen LogP contribution in [0.15, 0.2) is 77.3 Å². The highest BCUT2D eigenvalue weighted by Gasteiger charge is 2.52. The second-order valence-electron chi connectivity index (χ2n) is 7.27. The molecule has 30 heavy (non-hydrogen) atoms. The molecule has 0 radical (unpaired) electrons. The fourth-order valence-electron chi connectivity index (χ4n) is 4.32. The molecule has 2 atom stereocenters. The van der Waals surface area contributed by atoms with Gasteiger partial charge in [0.1, 0.15) is 0 Å². The van der Waals surface area contributed by atoms with Gasteiger partial charge in [0, 0.05) is 16.6 Å². The number of aliphatic hydroxyl groups is 2. The van der Waals surface area contributed by atoms with Crippen molar-refractivity contribution in [1.29, 1.82) is 0 Å². The minimum atomic E-state index is -2.06. The Kier molecular flexibility index (Phi) is 5.75. The third-order valence-electron chi connectivity index (χ3n) is 5.66. The molecule has 2 N–H and O–H groups in total. The number of fused-ring (bicyclic) bond motifs is 3. The molecule has 1 aliphatic rings. The lowest BCUT2D eigenvalue weighted by molar-refractivity contribution is -0.176. The predicted molar refractivity (Wildman–Crippen MR) is 117 cm³/mol. The first-order chi connectivity index (χ1) is 14.5. The Morgan fingerprint density at radius 2 is 1.70 bits per heavy atom. The fourth-order valence-corrected chi connectivity index (χ4v) is 4.91. The average molecular weight is 468 g/mol. The molecule has 3 aromatic rings. The summed E-state index contributed by atoms with van der Waals surface area (Å²) >= 11 is 3.48. The molecule has 0 aliphatic carbocycles. The van der Waals surface area contributed by atoms with Crippen molar-refractivity contribution in [1.82, 2.24) is 4.90 Å². The van der Waals surface area contributed by atoms with Crippen LogP contribution in [0, 0.1) is 0 Å². The molecule has 1 heterocycles. The predicted octanol–water partition coefficient (Wildman–Crippen LogP) is 3.98. The Balaban J connectivity index is 2.04. The number of carbonyl (C=O) groups excluding carboxylic acids is 1.